The highest BCUT2D eigenvalue weighted by Gasteiger charge is 2.37. The summed E-state index contributed by atoms with van der Waals surface area (Å²) < 4.78 is 0. The minimum atomic E-state index is -1.97. The van der Waals surface area contributed by atoms with Gasteiger partial charge >= 0.3 is 7.12 Å². The summed E-state index contributed by atoms with van der Waals surface area (Å²) in [4.78, 5) is 0. The molecule has 124 valence electrons. The fraction of sp³-hybridized carbons (Fsp3) is 0.316. The normalized spacial score (nSPS) is 11.2. The fourth-order valence-corrected chi connectivity index (χ4v) is 7.77. The quantitative estimate of drug-likeness (QED) is 0.797. The molecular weight excluding hydrogens is 313 g/mol. The molecule has 0 spiro atoms. The van der Waals surface area contributed by atoms with Crippen LogP contribution in [0.15, 0.2) is 42.5 Å². The first kappa shape index (κ1) is 18.5. The molecule has 0 saturated heterocycles. The van der Waals surface area contributed by atoms with E-state index in [0.29, 0.717) is 11.0 Å². The Labute approximate surface area is 145 Å². The number of nitrogens with zero attached hydrogens (tertiary/aromatic N) is 1. The van der Waals surface area contributed by atoms with Gasteiger partial charge in [0.25, 0.3) is 0 Å². The van der Waals surface area contributed by atoms with E-state index in [-0.39, 0.29) is 0 Å². The molecule has 2 N–H and O–H groups in total. The molecule has 2 rings (SSSR count). The molecule has 3 nitrogen and oxygen atoms in total. The third-order valence-electron chi connectivity index (χ3n) is 5.27. The van der Waals surface area contributed by atoms with E-state index in [2.05, 4.69) is 26.8 Å². The van der Waals surface area contributed by atoms with Gasteiger partial charge in [0.2, 0.25) is 0 Å². The van der Waals surface area contributed by atoms with Gasteiger partial charge in [-0.2, -0.15) is 5.26 Å². The summed E-state index contributed by atoms with van der Waals surface area (Å²) in [5.74, 6) is 0. The summed E-state index contributed by atoms with van der Waals surface area (Å²) in [6.07, 6.45) is 0. The van der Waals surface area contributed by atoms with E-state index in [1.807, 2.05) is 36.4 Å². The molecular formula is C19H24BNO2Si. The van der Waals surface area contributed by atoms with E-state index < -0.39 is 15.2 Å². The molecule has 24 heavy (non-hydrogen) atoms. The summed E-state index contributed by atoms with van der Waals surface area (Å²) in [6, 6.07) is 18.8. The smallest absolute Gasteiger partial charge is 0.423 e. The molecule has 0 bridgehead atoms. The van der Waals surface area contributed by atoms with Crippen LogP contribution in [0.5, 0.6) is 0 Å². The highest BCUT2D eigenvalue weighted by atomic mass is 28.3. The van der Waals surface area contributed by atoms with Crippen molar-refractivity contribution < 1.29 is 10.0 Å². The molecule has 0 fully saturated rings. The Morgan fingerprint density at radius 2 is 1.54 bits per heavy atom. The van der Waals surface area contributed by atoms with E-state index in [1.165, 1.54) is 0 Å². The maximum Gasteiger partial charge on any atom is 0.488 e. The van der Waals surface area contributed by atoms with Crippen molar-refractivity contribution in [1.82, 2.24) is 0 Å². The fourth-order valence-electron chi connectivity index (χ4n) is 3.66. The monoisotopic (exact) mass is 337 g/mol. The lowest BCUT2D eigenvalue weighted by Gasteiger charge is -2.32. The van der Waals surface area contributed by atoms with Gasteiger partial charge in [-0.3, -0.25) is 0 Å². The van der Waals surface area contributed by atoms with Crippen LogP contribution in [0.2, 0.25) is 18.1 Å². The Kier molecular flexibility index (Phi) is 6.00. The van der Waals surface area contributed by atoms with Gasteiger partial charge in [0.05, 0.1) is 19.7 Å². The Balaban J connectivity index is 2.86. The zero-order chi connectivity index (χ0) is 17.7. The van der Waals surface area contributed by atoms with Gasteiger partial charge in [-0.05, 0) is 21.8 Å². The van der Waals surface area contributed by atoms with Gasteiger partial charge in [0.15, 0.2) is 0 Å². The largest absolute Gasteiger partial charge is 0.488 e. The SMILES string of the molecule is CC[Si](CC)(CC)c1c(B(O)O)ccc(-c2ccccc2)c1C#N. The van der Waals surface area contributed by atoms with Crippen LogP contribution in [0.1, 0.15) is 26.3 Å². The van der Waals surface area contributed by atoms with Crippen LogP contribution in [0.4, 0.5) is 0 Å². The van der Waals surface area contributed by atoms with Gasteiger partial charge in [0.1, 0.15) is 0 Å². The van der Waals surface area contributed by atoms with Crippen LogP contribution in [0.3, 0.4) is 0 Å². The summed E-state index contributed by atoms with van der Waals surface area (Å²) >= 11 is 0. The average Bonchev–Trinajstić information content (AvgIpc) is 2.63. The van der Waals surface area contributed by atoms with Crippen LogP contribution in [0, 0.1) is 11.3 Å². The molecule has 0 unspecified atom stereocenters. The van der Waals surface area contributed by atoms with Gasteiger partial charge in [-0.1, -0.05) is 81.4 Å². The van der Waals surface area contributed by atoms with Crippen LogP contribution >= 0.6 is 0 Å². The predicted octanol–water partition coefficient (Wildman–Crippen LogP) is 2.62. The second-order valence-electron chi connectivity index (χ2n) is 6.14. The first-order valence-electron chi connectivity index (χ1n) is 8.53. The van der Waals surface area contributed by atoms with Crippen LogP contribution in [0.25, 0.3) is 11.1 Å². The van der Waals surface area contributed by atoms with E-state index in [9.17, 15) is 15.3 Å². The molecule has 0 aliphatic heterocycles. The van der Waals surface area contributed by atoms with Crippen LogP contribution in [-0.2, 0) is 0 Å². The maximum atomic E-state index is 9.93. The first-order chi connectivity index (χ1) is 11.5. The predicted molar refractivity (Wildman–Crippen MR) is 103 cm³/mol. The minimum absolute atomic E-state index is 0.503. The summed E-state index contributed by atoms with van der Waals surface area (Å²) in [7, 11) is -3.52. The third kappa shape index (κ3) is 3.18. The Morgan fingerprint density at radius 1 is 0.958 bits per heavy atom. The van der Waals surface area contributed by atoms with E-state index in [0.717, 1.165) is 34.4 Å². The van der Waals surface area contributed by atoms with Crippen molar-refractivity contribution in [3.05, 3.63) is 48.0 Å². The molecule has 0 aromatic heterocycles. The van der Waals surface area contributed by atoms with Crippen molar-refractivity contribution in [2.45, 2.75) is 38.9 Å². The van der Waals surface area contributed by atoms with Gasteiger partial charge in [-0.25, -0.2) is 0 Å². The highest BCUT2D eigenvalue weighted by Crippen LogP contribution is 2.27. The van der Waals surface area contributed by atoms with Gasteiger partial charge in [-0.15, -0.1) is 0 Å². The highest BCUT2D eigenvalue weighted by molar-refractivity contribution is 6.95. The van der Waals surface area contributed by atoms with Gasteiger partial charge in [0, 0.05) is 0 Å². The van der Waals surface area contributed by atoms with E-state index in [4.69, 9.17) is 0 Å². The zero-order valence-corrected chi connectivity index (χ0v) is 15.6. The number of rotatable bonds is 6. The number of hydrogen-bond donors (Lipinski definition) is 2. The molecule has 0 aliphatic carbocycles. The molecule has 0 aliphatic rings. The Morgan fingerprint density at radius 3 is 2.00 bits per heavy atom. The van der Waals surface area contributed by atoms with Crippen LogP contribution in [-0.4, -0.2) is 25.2 Å². The molecule has 2 aromatic rings. The summed E-state index contributed by atoms with van der Waals surface area (Å²) in [5, 5.41) is 30.7. The second-order valence-corrected chi connectivity index (χ2v) is 11.3. The number of benzene rings is 2. The van der Waals surface area contributed by atoms with Crippen molar-refractivity contribution in [3.8, 4) is 17.2 Å². The molecule has 0 radical (unpaired) electrons. The molecule has 0 amide bonds. The summed E-state index contributed by atoms with van der Waals surface area (Å²) in [6.45, 7) is 6.47. The number of nitriles is 1. The standard InChI is InChI=1S/C19H24BNO2Si/c1-4-24(5-2,6-3)19-17(14-21)16(12-13-18(19)20(22)23)15-10-8-7-9-11-15/h7-13,22-23H,4-6H2,1-3H3. The first-order valence-corrected chi connectivity index (χ1v) is 11.2. The van der Waals surface area contributed by atoms with Crippen molar-refractivity contribution in [2.75, 3.05) is 0 Å². The van der Waals surface area contributed by atoms with Crippen molar-refractivity contribution in [3.63, 3.8) is 0 Å². The molecule has 0 atom stereocenters. The second kappa shape index (κ2) is 7.80. The van der Waals surface area contributed by atoms with Gasteiger partial charge < -0.3 is 10.0 Å². The van der Waals surface area contributed by atoms with Crippen molar-refractivity contribution in [1.29, 1.82) is 5.26 Å². The third-order valence-corrected chi connectivity index (χ3v) is 10.9. The molecule has 2 aromatic carbocycles. The summed E-state index contributed by atoms with van der Waals surface area (Å²) in [5.41, 5.74) is 2.98. The minimum Gasteiger partial charge on any atom is -0.423 e. The van der Waals surface area contributed by atoms with Crippen molar-refractivity contribution >= 4 is 25.8 Å². The molecule has 0 heterocycles. The Hall–Kier alpha value is -1.87. The zero-order valence-electron chi connectivity index (χ0n) is 14.6. The lowest BCUT2D eigenvalue weighted by molar-refractivity contribution is 0.426. The molecule has 5 heteroatoms. The lowest BCUT2D eigenvalue weighted by atomic mass is 9.78. The lowest BCUT2D eigenvalue weighted by Crippen LogP contribution is -2.58. The van der Waals surface area contributed by atoms with Crippen LogP contribution < -0.4 is 10.6 Å². The van der Waals surface area contributed by atoms with E-state index >= 15 is 0 Å². The Bertz CT molecular complexity index is 729. The van der Waals surface area contributed by atoms with E-state index in [1.54, 1.807) is 6.07 Å². The maximum absolute atomic E-state index is 9.93. The average molecular weight is 337 g/mol. The molecule has 0 saturated carbocycles. The number of hydrogen-bond acceptors (Lipinski definition) is 3. The van der Waals surface area contributed by atoms with Crippen molar-refractivity contribution in [2.24, 2.45) is 0 Å². The topological polar surface area (TPSA) is 64.2 Å².